The van der Waals surface area contributed by atoms with Crippen LogP contribution in [-0.4, -0.2) is 12.2 Å². The molecule has 2 rings (SSSR count). The monoisotopic (exact) mass is 322 g/mol. The van der Waals surface area contributed by atoms with E-state index in [1.165, 1.54) is 0 Å². The molecule has 0 radical (unpaired) electrons. The van der Waals surface area contributed by atoms with E-state index < -0.39 is 7.25 Å². The molecule has 0 saturated carbocycles. The van der Waals surface area contributed by atoms with E-state index in [4.69, 9.17) is 10.5 Å². The highest BCUT2D eigenvalue weighted by atomic mass is 19.5. The summed E-state index contributed by atoms with van der Waals surface area (Å²) in [6, 6.07) is 13.6. The Bertz CT molecular complexity index is 742. The van der Waals surface area contributed by atoms with Crippen molar-refractivity contribution in [3.05, 3.63) is 47.9 Å². The first-order valence-electron chi connectivity index (χ1n) is 6.47. The number of benzene rings is 1. The predicted octanol–water partition coefficient (Wildman–Crippen LogP) is 3.10. The smallest absolute Gasteiger partial charge is 0.418 e. The quantitative estimate of drug-likeness (QED) is 0.485. The van der Waals surface area contributed by atoms with Crippen molar-refractivity contribution in [2.45, 2.75) is 13.5 Å². The number of hydrogen-bond acceptors (Lipinski definition) is 3. The van der Waals surface area contributed by atoms with Crippen LogP contribution in [0.25, 0.3) is 11.3 Å². The highest BCUT2D eigenvalue weighted by molar-refractivity contribution is 6.50. The van der Waals surface area contributed by atoms with Crippen LogP contribution in [0.2, 0.25) is 0 Å². The molecule has 118 valence electrons. The van der Waals surface area contributed by atoms with Gasteiger partial charge >= 0.3 is 12.9 Å². The number of nitrogens with zero attached hydrogens (tertiary/aromatic N) is 4. The molecule has 0 unspecified atom stereocenters. The average Bonchev–Trinajstić information content (AvgIpc) is 2.52. The minimum Gasteiger partial charge on any atom is -0.418 e. The summed E-state index contributed by atoms with van der Waals surface area (Å²) in [5.74, 6) is 0. The van der Waals surface area contributed by atoms with Crippen molar-refractivity contribution in [2.75, 3.05) is 0 Å². The molecule has 0 fully saturated rings. The Kier molecular flexibility index (Phi) is 6.22. The first-order chi connectivity index (χ1) is 10.8. The van der Waals surface area contributed by atoms with E-state index >= 15 is 0 Å². The molecule has 0 bridgehead atoms. The molecule has 2 aromatic rings. The molecule has 0 aliphatic carbocycles. The van der Waals surface area contributed by atoms with Gasteiger partial charge in [0.05, 0.1) is 0 Å². The number of aryl methyl sites for hydroxylation is 1. The van der Waals surface area contributed by atoms with Crippen molar-refractivity contribution < 1.29 is 21.8 Å². The zero-order valence-corrected chi connectivity index (χ0v) is 12.0. The second-order valence-electron chi connectivity index (χ2n) is 4.19. The Labute approximate surface area is 130 Å². The molecule has 1 heterocycles. The molecule has 23 heavy (non-hydrogen) atoms. The molecule has 1 aromatic carbocycles. The van der Waals surface area contributed by atoms with Gasteiger partial charge < -0.3 is 17.3 Å². The van der Waals surface area contributed by atoms with Crippen molar-refractivity contribution in [3.8, 4) is 23.4 Å². The third-order valence-corrected chi connectivity index (χ3v) is 2.64. The Morgan fingerprint density at radius 3 is 2.09 bits per heavy atom. The van der Waals surface area contributed by atoms with Crippen LogP contribution in [0.1, 0.15) is 18.3 Å². The van der Waals surface area contributed by atoms with Crippen LogP contribution in [-0.2, 0) is 6.54 Å². The fourth-order valence-electron chi connectivity index (χ4n) is 1.74. The zero-order chi connectivity index (χ0) is 17.5. The lowest BCUT2D eigenvalue weighted by Gasteiger charge is -2.02. The Morgan fingerprint density at radius 2 is 1.65 bits per heavy atom. The van der Waals surface area contributed by atoms with E-state index in [1.54, 1.807) is 10.8 Å². The van der Waals surface area contributed by atoms with Crippen molar-refractivity contribution in [1.29, 1.82) is 10.5 Å². The third-order valence-electron chi connectivity index (χ3n) is 2.64. The Balaban J connectivity index is 0.000000463. The Hall–Kier alpha value is -2.94. The minimum absolute atomic E-state index is 0.167. The molecule has 0 amide bonds. The molecule has 0 spiro atoms. The molecule has 1 aromatic heterocycles. The molecule has 0 aliphatic heterocycles. The lowest BCUT2D eigenvalue weighted by Crippen LogP contribution is -2.37. The van der Waals surface area contributed by atoms with Crippen LogP contribution in [0, 0.1) is 22.7 Å². The number of halogens is 4. The van der Waals surface area contributed by atoms with Gasteiger partial charge in [0.1, 0.15) is 18.3 Å². The average molecular weight is 322 g/mol. The maximum Gasteiger partial charge on any atom is 0.673 e. The van der Waals surface area contributed by atoms with Gasteiger partial charge in [0, 0.05) is 5.56 Å². The van der Waals surface area contributed by atoms with Gasteiger partial charge in [0.15, 0.2) is 12.3 Å². The lowest BCUT2D eigenvalue weighted by atomic mass is 10.1. The standard InChI is InChI=1S/C14H11N4.BF4/c1-2-18-10-13(11-6-4-3-5-7-11)17-12(8-15)14(18)9-16;2-1(3,4)5/h3-7,10H,2H2,1H3;/q+1;-1. The molecule has 4 nitrogen and oxygen atoms in total. The fourth-order valence-corrected chi connectivity index (χ4v) is 1.74. The van der Waals surface area contributed by atoms with Gasteiger partial charge in [0.25, 0.3) is 0 Å². The van der Waals surface area contributed by atoms with Crippen LogP contribution in [0.4, 0.5) is 17.3 Å². The van der Waals surface area contributed by atoms with Crippen molar-refractivity contribution in [3.63, 3.8) is 0 Å². The maximum absolute atomic E-state index is 9.75. The van der Waals surface area contributed by atoms with Gasteiger partial charge in [-0.2, -0.15) is 15.1 Å². The van der Waals surface area contributed by atoms with Crippen LogP contribution in [0.5, 0.6) is 0 Å². The van der Waals surface area contributed by atoms with Crippen molar-refractivity contribution in [2.24, 2.45) is 0 Å². The maximum atomic E-state index is 9.75. The van der Waals surface area contributed by atoms with Gasteiger partial charge in [-0.3, -0.25) is 0 Å². The van der Waals surface area contributed by atoms with E-state index in [1.807, 2.05) is 49.4 Å². The second kappa shape index (κ2) is 7.90. The number of hydrogen-bond donors (Lipinski definition) is 0. The molecule has 0 N–H and O–H groups in total. The Morgan fingerprint density at radius 1 is 1.09 bits per heavy atom. The van der Waals surface area contributed by atoms with E-state index in [9.17, 15) is 17.3 Å². The summed E-state index contributed by atoms with van der Waals surface area (Å²) in [4.78, 5) is 4.24. The van der Waals surface area contributed by atoms with E-state index in [0.29, 0.717) is 17.9 Å². The zero-order valence-electron chi connectivity index (χ0n) is 12.0. The summed E-state index contributed by atoms with van der Waals surface area (Å²) in [6.07, 6.45) is 1.80. The first kappa shape index (κ1) is 18.1. The van der Waals surface area contributed by atoms with Gasteiger partial charge in [-0.05, 0) is 6.92 Å². The molecule has 0 atom stereocenters. The molecular weight excluding hydrogens is 311 g/mol. The summed E-state index contributed by atoms with van der Waals surface area (Å²) in [6.45, 7) is 2.55. The highest BCUT2D eigenvalue weighted by Gasteiger charge is 2.20. The molecule has 0 saturated heterocycles. The van der Waals surface area contributed by atoms with Crippen LogP contribution < -0.4 is 4.57 Å². The third kappa shape index (κ3) is 5.75. The predicted molar refractivity (Wildman–Crippen MR) is 75.2 cm³/mol. The number of nitriles is 2. The van der Waals surface area contributed by atoms with Crippen molar-refractivity contribution >= 4 is 7.25 Å². The van der Waals surface area contributed by atoms with Crippen LogP contribution >= 0.6 is 0 Å². The largest absolute Gasteiger partial charge is 0.673 e. The van der Waals surface area contributed by atoms with E-state index in [0.717, 1.165) is 5.56 Å². The summed E-state index contributed by atoms with van der Waals surface area (Å²) in [7, 11) is -6.00. The van der Waals surface area contributed by atoms with Crippen LogP contribution in [0.15, 0.2) is 36.5 Å². The normalized spacial score (nSPS) is 10.0. The van der Waals surface area contributed by atoms with E-state index in [2.05, 4.69) is 4.98 Å². The second-order valence-corrected chi connectivity index (χ2v) is 4.19. The van der Waals surface area contributed by atoms with Crippen molar-refractivity contribution in [1.82, 2.24) is 4.98 Å². The minimum atomic E-state index is -6.00. The number of rotatable bonds is 2. The van der Waals surface area contributed by atoms with E-state index in [-0.39, 0.29) is 5.69 Å². The van der Waals surface area contributed by atoms with Gasteiger partial charge in [-0.1, -0.05) is 30.3 Å². The fraction of sp³-hybridized carbons (Fsp3) is 0.143. The van der Waals surface area contributed by atoms with Crippen LogP contribution in [0.3, 0.4) is 0 Å². The number of aromatic nitrogens is 2. The SMILES string of the molecule is CC[n+]1cc(-c2ccccc2)nc(C#N)c1C#N.F[B-](F)(F)F. The lowest BCUT2D eigenvalue weighted by molar-refractivity contribution is -0.696. The summed E-state index contributed by atoms with van der Waals surface area (Å²) >= 11 is 0. The summed E-state index contributed by atoms with van der Waals surface area (Å²) in [5, 5.41) is 18.1. The van der Waals surface area contributed by atoms with Gasteiger partial charge in [-0.15, -0.1) is 0 Å². The topological polar surface area (TPSA) is 64.3 Å². The highest BCUT2D eigenvalue weighted by Crippen LogP contribution is 2.15. The molecular formula is C14H11BF4N4. The molecule has 0 aliphatic rings. The van der Waals surface area contributed by atoms with Gasteiger partial charge in [0.2, 0.25) is 5.69 Å². The first-order valence-corrected chi connectivity index (χ1v) is 6.47. The summed E-state index contributed by atoms with van der Waals surface area (Å²) in [5.41, 5.74) is 2.11. The van der Waals surface area contributed by atoms with Gasteiger partial charge in [-0.25, -0.2) is 4.98 Å². The molecule has 9 heteroatoms. The summed E-state index contributed by atoms with van der Waals surface area (Å²) < 4.78 is 40.7.